The summed E-state index contributed by atoms with van der Waals surface area (Å²) in [5.74, 6) is -0.720. The van der Waals surface area contributed by atoms with E-state index in [9.17, 15) is 19.2 Å². The van der Waals surface area contributed by atoms with Crippen LogP contribution in [0.2, 0.25) is 0 Å². The molecule has 3 aliphatic rings. The summed E-state index contributed by atoms with van der Waals surface area (Å²) in [7, 11) is 1.59. The summed E-state index contributed by atoms with van der Waals surface area (Å²) in [6.07, 6.45) is 10.3. The van der Waals surface area contributed by atoms with Crippen LogP contribution in [0.3, 0.4) is 0 Å². The first-order valence-corrected chi connectivity index (χ1v) is 13.1. The van der Waals surface area contributed by atoms with Crippen molar-refractivity contribution in [3.63, 3.8) is 0 Å². The number of amides is 4. The molecule has 0 spiro atoms. The average Bonchev–Trinajstić information content (AvgIpc) is 3.15. The number of hydrogen-bond donors (Lipinski definition) is 1. The van der Waals surface area contributed by atoms with E-state index in [0.717, 1.165) is 31.2 Å². The Morgan fingerprint density at radius 3 is 2.22 bits per heavy atom. The summed E-state index contributed by atoms with van der Waals surface area (Å²) in [4.78, 5) is 55.0. The minimum Gasteiger partial charge on any atom is -0.497 e. The largest absolute Gasteiger partial charge is 0.497 e. The highest BCUT2D eigenvalue weighted by atomic mass is 16.5. The van der Waals surface area contributed by atoms with Crippen molar-refractivity contribution in [1.82, 2.24) is 15.1 Å². The van der Waals surface area contributed by atoms with Gasteiger partial charge in [-0.3, -0.25) is 24.1 Å². The SMILES string of the molecule is COc1ccc(CN(C(=O)CCN2C(=O)[C@H]3CC=CC[C@H]3C2=O)[C@@H](C)C(=O)NC2CCCCC2)cc1. The fraction of sp³-hybridized carbons (Fsp3) is 0.571. The summed E-state index contributed by atoms with van der Waals surface area (Å²) >= 11 is 0. The van der Waals surface area contributed by atoms with Crippen LogP contribution in [0.15, 0.2) is 36.4 Å². The normalized spacial score (nSPS) is 22.8. The van der Waals surface area contributed by atoms with E-state index >= 15 is 0 Å². The fourth-order valence-corrected chi connectivity index (χ4v) is 5.52. The van der Waals surface area contributed by atoms with E-state index in [4.69, 9.17) is 4.74 Å². The lowest BCUT2D eigenvalue weighted by Gasteiger charge is -2.31. The lowest BCUT2D eigenvalue weighted by Crippen LogP contribution is -2.51. The van der Waals surface area contributed by atoms with Crippen molar-refractivity contribution in [3.05, 3.63) is 42.0 Å². The van der Waals surface area contributed by atoms with E-state index in [1.54, 1.807) is 18.9 Å². The minimum absolute atomic E-state index is 0.0123. The summed E-state index contributed by atoms with van der Waals surface area (Å²) in [6, 6.07) is 6.85. The predicted octanol–water partition coefficient (Wildman–Crippen LogP) is 3.20. The number of likely N-dealkylation sites (tertiary alicyclic amines) is 1. The third-order valence-corrected chi connectivity index (χ3v) is 7.78. The van der Waals surface area contributed by atoms with Gasteiger partial charge in [0, 0.05) is 25.6 Å². The molecule has 1 saturated heterocycles. The topological polar surface area (TPSA) is 96.0 Å². The van der Waals surface area contributed by atoms with Crippen LogP contribution in [0.25, 0.3) is 0 Å². The summed E-state index contributed by atoms with van der Waals surface area (Å²) in [6.45, 7) is 2.03. The summed E-state index contributed by atoms with van der Waals surface area (Å²) in [5.41, 5.74) is 0.867. The molecule has 2 aliphatic carbocycles. The van der Waals surface area contributed by atoms with E-state index in [0.29, 0.717) is 18.6 Å². The molecule has 8 heteroatoms. The average molecular weight is 496 g/mol. The number of nitrogens with zero attached hydrogens (tertiary/aromatic N) is 2. The van der Waals surface area contributed by atoms with E-state index in [2.05, 4.69) is 5.32 Å². The van der Waals surface area contributed by atoms with Gasteiger partial charge in [0.1, 0.15) is 11.8 Å². The number of benzene rings is 1. The Labute approximate surface area is 213 Å². The number of ether oxygens (including phenoxy) is 1. The van der Waals surface area contributed by atoms with Crippen molar-refractivity contribution in [2.24, 2.45) is 11.8 Å². The Kier molecular flexibility index (Phi) is 8.44. The molecule has 2 fully saturated rings. The van der Waals surface area contributed by atoms with Crippen LogP contribution in [0.5, 0.6) is 5.75 Å². The third kappa shape index (κ3) is 5.79. The molecular weight excluding hydrogens is 458 g/mol. The number of imide groups is 1. The number of carbonyl (C=O) groups is 4. The molecule has 1 aliphatic heterocycles. The van der Waals surface area contributed by atoms with Gasteiger partial charge in [-0.25, -0.2) is 0 Å². The van der Waals surface area contributed by atoms with Crippen LogP contribution in [-0.4, -0.2) is 59.2 Å². The highest BCUT2D eigenvalue weighted by molar-refractivity contribution is 6.05. The summed E-state index contributed by atoms with van der Waals surface area (Å²) in [5, 5.41) is 3.12. The maximum absolute atomic E-state index is 13.5. The first-order valence-electron chi connectivity index (χ1n) is 13.1. The molecule has 0 radical (unpaired) electrons. The predicted molar refractivity (Wildman–Crippen MR) is 135 cm³/mol. The van der Waals surface area contributed by atoms with Gasteiger partial charge in [-0.2, -0.15) is 0 Å². The van der Waals surface area contributed by atoms with Gasteiger partial charge in [0.05, 0.1) is 18.9 Å². The van der Waals surface area contributed by atoms with Gasteiger partial charge in [0.15, 0.2) is 0 Å². The molecular formula is C28H37N3O5. The molecule has 194 valence electrons. The van der Waals surface area contributed by atoms with Gasteiger partial charge < -0.3 is 15.0 Å². The van der Waals surface area contributed by atoms with Crippen molar-refractivity contribution < 1.29 is 23.9 Å². The van der Waals surface area contributed by atoms with Gasteiger partial charge in [0.25, 0.3) is 0 Å². The lowest BCUT2D eigenvalue weighted by molar-refractivity contribution is -0.144. The molecule has 1 heterocycles. The van der Waals surface area contributed by atoms with E-state index in [1.807, 2.05) is 36.4 Å². The minimum atomic E-state index is -0.682. The Bertz CT molecular complexity index is 973. The van der Waals surface area contributed by atoms with Crippen LogP contribution in [0.1, 0.15) is 63.9 Å². The molecule has 1 aromatic carbocycles. The third-order valence-electron chi connectivity index (χ3n) is 7.78. The Hall–Kier alpha value is -3.16. The van der Waals surface area contributed by atoms with Crippen molar-refractivity contribution in [2.45, 2.75) is 76.9 Å². The standard InChI is InChI=1S/C28H37N3O5/c1-19(26(33)29-21-8-4-3-5-9-21)31(18-20-12-14-22(36-2)15-13-20)25(32)16-17-30-27(34)23-10-6-7-11-24(23)28(30)35/h6-7,12-15,19,21,23-24H,3-5,8-11,16-18H2,1-2H3,(H,29,33)/t19-,23-,24+/m0/s1. The number of allylic oxidation sites excluding steroid dienone is 2. The number of rotatable bonds is 9. The van der Waals surface area contributed by atoms with Gasteiger partial charge in [-0.15, -0.1) is 0 Å². The fourth-order valence-electron chi connectivity index (χ4n) is 5.52. The maximum atomic E-state index is 13.5. The molecule has 1 aromatic rings. The molecule has 0 bridgehead atoms. The highest BCUT2D eigenvalue weighted by Gasteiger charge is 2.47. The first kappa shape index (κ1) is 25.9. The van der Waals surface area contributed by atoms with Crippen molar-refractivity contribution in [1.29, 1.82) is 0 Å². The summed E-state index contributed by atoms with van der Waals surface area (Å²) < 4.78 is 5.23. The van der Waals surface area contributed by atoms with Crippen LogP contribution >= 0.6 is 0 Å². The molecule has 3 atom stereocenters. The zero-order valence-electron chi connectivity index (χ0n) is 21.3. The first-order chi connectivity index (χ1) is 17.4. The van der Waals surface area contributed by atoms with E-state index < -0.39 is 6.04 Å². The van der Waals surface area contributed by atoms with Gasteiger partial charge in [-0.1, -0.05) is 43.5 Å². The smallest absolute Gasteiger partial charge is 0.242 e. The molecule has 4 amide bonds. The van der Waals surface area contributed by atoms with Gasteiger partial charge >= 0.3 is 0 Å². The zero-order valence-corrected chi connectivity index (χ0v) is 21.3. The van der Waals surface area contributed by atoms with Crippen LogP contribution in [0, 0.1) is 11.8 Å². The van der Waals surface area contributed by atoms with Crippen molar-refractivity contribution in [2.75, 3.05) is 13.7 Å². The number of fused-ring (bicyclic) bond motifs is 1. The molecule has 0 unspecified atom stereocenters. The van der Waals surface area contributed by atoms with Crippen LogP contribution in [0.4, 0.5) is 0 Å². The number of carbonyl (C=O) groups excluding carboxylic acids is 4. The Morgan fingerprint density at radius 2 is 1.64 bits per heavy atom. The lowest BCUT2D eigenvalue weighted by atomic mass is 9.85. The second-order valence-corrected chi connectivity index (χ2v) is 10.1. The maximum Gasteiger partial charge on any atom is 0.242 e. The second kappa shape index (κ2) is 11.7. The Balaban J connectivity index is 1.44. The molecule has 36 heavy (non-hydrogen) atoms. The quantitative estimate of drug-likeness (QED) is 0.419. The van der Waals surface area contributed by atoms with Gasteiger partial charge in [0.2, 0.25) is 23.6 Å². The van der Waals surface area contributed by atoms with E-state index in [-0.39, 0.29) is 61.0 Å². The molecule has 8 nitrogen and oxygen atoms in total. The van der Waals surface area contributed by atoms with E-state index in [1.165, 1.54) is 11.3 Å². The number of hydrogen-bond acceptors (Lipinski definition) is 5. The van der Waals surface area contributed by atoms with Crippen LogP contribution < -0.4 is 10.1 Å². The molecule has 1 N–H and O–H groups in total. The molecule has 0 aromatic heterocycles. The second-order valence-electron chi connectivity index (χ2n) is 10.1. The monoisotopic (exact) mass is 495 g/mol. The van der Waals surface area contributed by atoms with Crippen LogP contribution in [-0.2, 0) is 25.7 Å². The number of nitrogens with one attached hydrogen (secondary N) is 1. The molecule has 1 saturated carbocycles. The number of methoxy groups -OCH3 is 1. The van der Waals surface area contributed by atoms with Crippen molar-refractivity contribution >= 4 is 23.6 Å². The van der Waals surface area contributed by atoms with Gasteiger partial charge in [-0.05, 0) is 50.3 Å². The van der Waals surface area contributed by atoms with Crippen molar-refractivity contribution in [3.8, 4) is 5.75 Å². The highest BCUT2D eigenvalue weighted by Crippen LogP contribution is 2.35. The zero-order chi connectivity index (χ0) is 25.7. The molecule has 4 rings (SSSR count). The Morgan fingerprint density at radius 1 is 1.03 bits per heavy atom.